The minimum Gasteiger partial charge on any atom is -0.444 e. The average Bonchev–Trinajstić information content (AvgIpc) is 2.59. The topological polar surface area (TPSA) is 75.2 Å². The van der Waals surface area contributed by atoms with Crippen molar-refractivity contribution in [2.45, 2.75) is 59.5 Å². The Kier molecular flexibility index (Phi) is 10.5. The zero-order chi connectivity index (χ0) is 20.3. The van der Waals surface area contributed by atoms with Gasteiger partial charge in [0.25, 0.3) is 0 Å². The van der Waals surface area contributed by atoms with Crippen LogP contribution in [0.5, 0.6) is 0 Å². The molecule has 1 atom stereocenters. The first-order chi connectivity index (χ1) is 12.7. The number of rotatable bonds is 8. The molecule has 0 aromatic heterocycles. The summed E-state index contributed by atoms with van der Waals surface area (Å²) in [7, 11) is 1.78. The molecule has 1 rings (SSSR count). The molecule has 0 aromatic rings. The minimum atomic E-state index is -0.451. The van der Waals surface area contributed by atoms with E-state index < -0.39 is 5.60 Å². The monoisotopic (exact) mass is 384 g/mol. The van der Waals surface area contributed by atoms with Gasteiger partial charge in [-0.05, 0) is 51.9 Å². The first kappa shape index (κ1) is 23.5. The summed E-state index contributed by atoms with van der Waals surface area (Å²) >= 11 is 0. The molecule has 0 radical (unpaired) electrons. The third-order valence-corrected chi connectivity index (χ3v) is 4.16. The third kappa shape index (κ3) is 11.1. The molecule has 1 fully saturated rings. The van der Waals surface area contributed by atoms with Crippen LogP contribution in [0.4, 0.5) is 4.79 Å². The lowest BCUT2D eigenvalue weighted by Crippen LogP contribution is -2.47. The Morgan fingerprint density at radius 2 is 2.04 bits per heavy atom. The molecule has 0 bridgehead atoms. The van der Waals surface area contributed by atoms with Crippen LogP contribution >= 0.6 is 0 Å². The number of guanidine groups is 1. The number of piperidine rings is 1. The fourth-order valence-electron chi connectivity index (χ4n) is 2.89. The summed E-state index contributed by atoms with van der Waals surface area (Å²) in [6.07, 6.45) is 2.84. The van der Waals surface area contributed by atoms with E-state index in [0.717, 1.165) is 64.6 Å². The molecule has 1 heterocycles. The van der Waals surface area contributed by atoms with Crippen LogP contribution in [0.15, 0.2) is 4.99 Å². The number of nitrogens with zero attached hydrogens (tertiary/aromatic N) is 2. The Labute approximate surface area is 165 Å². The second-order valence-corrected chi connectivity index (χ2v) is 8.64. The van der Waals surface area contributed by atoms with E-state index in [1.165, 1.54) is 0 Å². The Morgan fingerprint density at radius 3 is 2.67 bits per heavy atom. The van der Waals surface area contributed by atoms with Gasteiger partial charge in [0.2, 0.25) is 0 Å². The lowest BCUT2D eigenvalue weighted by atomic mass is 9.98. The molecule has 1 amide bonds. The van der Waals surface area contributed by atoms with Crippen LogP contribution in [0.1, 0.15) is 53.9 Å². The fourth-order valence-corrected chi connectivity index (χ4v) is 2.89. The fraction of sp³-hybridized carbons (Fsp3) is 0.900. The molecule has 0 spiro atoms. The molecule has 0 aromatic carbocycles. The van der Waals surface area contributed by atoms with Gasteiger partial charge in [-0.25, -0.2) is 4.79 Å². The first-order valence-electron chi connectivity index (χ1n) is 10.2. The van der Waals surface area contributed by atoms with Gasteiger partial charge in [0.1, 0.15) is 5.60 Å². The lowest BCUT2D eigenvalue weighted by Gasteiger charge is -2.34. The highest BCUT2D eigenvalue weighted by Gasteiger charge is 2.27. The third-order valence-electron chi connectivity index (χ3n) is 4.16. The quantitative estimate of drug-likeness (QED) is 0.382. The predicted molar refractivity (Wildman–Crippen MR) is 110 cm³/mol. The standard InChI is InChI=1S/C20H40N4O3/c1-16(2)15-26-12-8-10-22-18(21-6)23-13-17-9-7-11-24(14-17)19(25)27-20(3,4)5/h16-17H,7-15H2,1-6H3,(H2,21,22,23). The van der Waals surface area contributed by atoms with E-state index in [4.69, 9.17) is 9.47 Å². The molecule has 2 N–H and O–H groups in total. The Balaban J connectivity index is 2.26. The maximum Gasteiger partial charge on any atom is 0.410 e. The van der Waals surface area contributed by atoms with E-state index in [2.05, 4.69) is 29.5 Å². The summed E-state index contributed by atoms with van der Waals surface area (Å²) in [6, 6.07) is 0. The molecule has 1 aliphatic heterocycles. The van der Waals surface area contributed by atoms with Crippen molar-refractivity contribution >= 4 is 12.1 Å². The minimum absolute atomic E-state index is 0.212. The van der Waals surface area contributed by atoms with Crippen LogP contribution in [0.3, 0.4) is 0 Å². The van der Waals surface area contributed by atoms with Crippen molar-refractivity contribution in [2.24, 2.45) is 16.8 Å². The van der Waals surface area contributed by atoms with Gasteiger partial charge in [0.05, 0.1) is 0 Å². The van der Waals surface area contributed by atoms with Crippen LogP contribution in [-0.2, 0) is 9.47 Å². The maximum atomic E-state index is 12.3. The van der Waals surface area contributed by atoms with Gasteiger partial charge in [0, 0.05) is 46.4 Å². The van der Waals surface area contributed by atoms with Gasteiger partial charge in [-0.1, -0.05) is 13.8 Å². The highest BCUT2D eigenvalue weighted by Crippen LogP contribution is 2.18. The molecule has 1 saturated heterocycles. The summed E-state index contributed by atoms with van der Waals surface area (Å²) < 4.78 is 11.1. The number of hydrogen-bond acceptors (Lipinski definition) is 4. The first-order valence-corrected chi connectivity index (χ1v) is 10.2. The summed E-state index contributed by atoms with van der Waals surface area (Å²) in [6.45, 7) is 14.7. The van der Waals surface area contributed by atoms with Gasteiger partial charge in [-0.2, -0.15) is 0 Å². The van der Waals surface area contributed by atoms with Gasteiger partial charge < -0.3 is 25.0 Å². The van der Waals surface area contributed by atoms with Crippen LogP contribution < -0.4 is 10.6 Å². The Bertz CT molecular complexity index is 461. The molecular weight excluding hydrogens is 344 g/mol. The number of nitrogens with one attached hydrogen (secondary N) is 2. The van der Waals surface area contributed by atoms with Gasteiger partial charge in [-0.15, -0.1) is 0 Å². The van der Waals surface area contributed by atoms with Crippen LogP contribution in [0.25, 0.3) is 0 Å². The number of carbonyl (C=O) groups is 1. The maximum absolute atomic E-state index is 12.3. The average molecular weight is 385 g/mol. The van der Waals surface area contributed by atoms with Crippen molar-refractivity contribution in [3.05, 3.63) is 0 Å². The lowest BCUT2D eigenvalue weighted by molar-refractivity contribution is 0.0168. The van der Waals surface area contributed by atoms with E-state index in [-0.39, 0.29) is 6.09 Å². The summed E-state index contributed by atoms with van der Waals surface area (Å²) in [5.74, 6) is 1.77. The molecule has 7 nitrogen and oxygen atoms in total. The molecule has 27 heavy (non-hydrogen) atoms. The zero-order valence-electron chi connectivity index (χ0n) is 18.1. The van der Waals surface area contributed by atoms with Crippen molar-refractivity contribution in [1.82, 2.24) is 15.5 Å². The van der Waals surface area contributed by atoms with Crippen molar-refractivity contribution in [3.63, 3.8) is 0 Å². The van der Waals surface area contributed by atoms with Crippen molar-refractivity contribution in [2.75, 3.05) is 46.4 Å². The van der Waals surface area contributed by atoms with Crippen LogP contribution in [0, 0.1) is 11.8 Å². The van der Waals surface area contributed by atoms with Crippen LogP contribution in [0.2, 0.25) is 0 Å². The summed E-state index contributed by atoms with van der Waals surface area (Å²) in [4.78, 5) is 18.4. The molecule has 0 aliphatic carbocycles. The van der Waals surface area contributed by atoms with E-state index in [0.29, 0.717) is 11.8 Å². The highest BCUT2D eigenvalue weighted by molar-refractivity contribution is 5.79. The molecule has 158 valence electrons. The van der Waals surface area contributed by atoms with Gasteiger partial charge >= 0.3 is 6.09 Å². The number of aliphatic imine (C=N–C) groups is 1. The van der Waals surface area contributed by atoms with E-state index in [9.17, 15) is 4.79 Å². The van der Waals surface area contributed by atoms with Crippen molar-refractivity contribution < 1.29 is 14.3 Å². The number of carbonyl (C=O) groups excluding carboxylic acids is 1. The summed E-state index contributed by atoms with van der Waals surface area (Å²) in [5, 5.41) is 6.69. The normalized spacial score (nSPS) is 18.6. The van der Waals surface area contributed by atoms with Crippen molar-refractivity contribution in [1.29, 1.82) is 0 Å². The van der Waals surface area contributed by atoms with Crippen molar-refractivity contribution in [3.8, 4) is 0 Å². The largest absolute Gasteiger partial charge is 0.444 e. The SMILES string of the molecule is CN=C(NCCCOCC(C)C)NCC1CCCN(C(=O)OC(C)(C)C)C1. The van der Waals surface area contributed by atoms with E-state index in [1.54, 1.807) is 7.05 Å². The number of likely N-dealkylation sites (tertiary alicyclic amines) is 1. The Morgan fingerprint density at radius 1 is 1.30 bits per heavy atom. The molecule has 1 aliphatic rings. The number of hydrogen-bond donors (Lipinski definition) is 2. The molecule has 1 unspecified atom stereocenters. The predicted octanol–water partition coefficient (Wildman–Crippen LogP) is 2.86. The van der Waals surface area contributed by atoms with Gasteiger partial charge in [0.15, 0.2) is 5.96 Å². The number of amides is 1. The summed E-state index contributed by atoms with van der Waals surface area (Å²) in [5.41, 5.74) is -0.451. The van der Waals surface area contributed by atoms with Crippen LogP contribution in [-0.4, -0.2) is 69.0 Å². The molecule has 0 saturated carbocycles. The second kappa shape index (κ2) is 12.1. The van der Waals surface area contributed by atoms with E-state index in [1.807, 2.05) is 25.7 Å². The zero-order valence-corrected chi connectivity index (χ0v) is 18.1. The number of ether oxygens (including phenoxy) is 2. The van der Waals surface area contributed by atoms with E-state index >= 15 is 0 Å². The molecular formula is C20H40N4O3. The van der Waals surface area contributed by atoms with Gasteiger partial charge in [-0.3, -0.25) is 4.99 Å². The highest BCUT2D eigenvalue weighted by atomic mass is 16.6. The smallest absolute Gasteiger partial charge is 0.410 e. The second-order valence-electron chi connectivity index (χ2n) is 8.64. The Hall–Kier alpha value is -1.50. The molecule has 7 heteroatoms.